The molecule has 1 aromatic heterocycles. The van der Waals surface area contributed by atoms with E-state index in [0.717, 1.165) is 10.9 Å². The van der Waals surface area contributed by atoms with E-state index in [1.54, 1.807) is 10.7 Å². The van der Waals surface area contributed by atoms with Gasteiger partial charge in [0.25, 0.3) is 0 Å². The van der Waals surface area contributed by atoms with Crippen LogP contribution in [0, 0.1) is 11.3 Å². The van der Waals surface area contributed by atoms with Gasteiger partial charge in [0.2, 0.25) is 0 Å². The first-order valence-corrected chi connectivity index (χ1v) is 4.63. The summed E-state index contributed by atoms with van der Waals surface area (Å²) in [5.74, 6) is 0. The van der Waals surface area contributed by atoms with E-state index in [9.17, 15) is 0 Å². The molecule has 1 heterocycles. The molecule has 0 aliphatic carbocycles. The minimum atomic E-state index is 0.676. The molecule has 0 amide bonds. The first-order valence-electron chi connectivity index (χ1n) is 4.63. The van der Waals surface area contributed by atoms with Crippen LogP contribution >= 0.6 is 0 Å². The van der Waals surface area contributed by atoms with Crippen LogP contribution in [0.5, 0.6) is 0 Å². The average Bonchev–Trinajstić information content (AvgIpc) is 2.59. The molecule has 0 saturated heterocycles. The number of rotatable bonds is 0. The van der Waals surface area contributed by atoms with Crippen LogP contribution in [0.4, 0.5) is 0 Å². The van der Waals surface area contributed by atoms with E-state index in [-0.39, 0.29) is 0 Å². The maximum Gasteiger partial charge on any atom is 0.0991 e. The minimum absolute atomic E-state index is 0.676. The lowest BCUT2D eigenvalue weighted by Crippen LogP contribution is -1.84. The van der Waals surface area contributed by atoms with Crippen LogP contribution in [0.25, 0.3) is 10.9 Å². The van der Waals surface area contributed by atoms with Crippen molar-refractivity contribution in [1.29, 1.82) is 5.26 Å². The van der Waals surface area contributed by atoms with Gasteiger partial charge >= 0.3 is 0 Å². The van der Waals surface area contributed by atoms with Gasteiger partial charge in [-0.3, -0.25) is 4.68 Å². The number of benzene rings is 1. The van der Waals surface area contributed by atoms with E-state index in [2.05, 4.69) is 11.2 Å². The van der Waals surface area contributed by atoms with Gasteiger partial charge in [-0.15, -0.1) is 0 Å². The van der Waals surface area contributed by atoms with Gasteiger partial charge in [0.05, 0.1) is 17.1 Å². The Kier molecular flexibility index (Phi) is 3.24. The Hall–Kier alpha value is -1.82. The standard InChI is InChI=1S/C9H7N3.C2H6/c1-12-6-8-4-7(5-10)2-3-9(8)11-12;1-2/h2-4,6H,1H3;1-2H3. The molecule has 14 heavy (non-hydrogen) atoms. The Balaban J connectivity index is 0.000000461. The number of nitriles is 1. The van der Waals surface area contributed by atoms with Crippen molar-refractivity contribution in [2.24, 2.45) is 7.05 Å². The number of nitrogens with zero attached hydrogens (tertiary/aromatic N) is 3. The zero-order valence-corrected chi connectivity index (χ0v) is 8.65. The predicted octanol–water partition coefficient (Wildman–Crippen LogP) is 2.47. The Bertz CT molecular complexity index is 463. The number of hydrogen-bond acceptors (Lipinski definition) is 2. The van der Waals surface area contributed by atoms with E-state index in [1.807, 2.05) is 39.2 Å². The summed E-state index contributed by atoms with van der Waals surface area (Å²) in [5.41, 5.74) is 1.60. The van der Waals surface area contributed by atoms with E-state index in [0.29, 0.717) is 5.56 Å². The molecule has 1 aromatic carbocycles. The van der Waals surface area contributed by atoms with Crippen LogP contribution in [0.3, 0.4) is 0 Å². The third-order valence-electron chi connectivity index (χ3n) is 1.75. The molecule has 2 aromatic rings. The van der Waals surface area contributed by atoms with Crippen molar-refractivity contribution < 1.29 is 0 Å². The van der Waals surface area contributed by atoms with Crippen molar-refractivity contribution in [1.82, 2.24) is 9.78 Å². The highest BCUT2D eigenvalue weighted by Gasteiger charge is 1.98. The van der Waals surface area contributed by atoms with Crippen molar-refractivity contribution >= 4 is 10.9 Å². The molecule has 3 heteroatoms. The fourth-order valence-corrected chi connectivity index (χ4v) is 1.22. The van der Waals surface area contributed by atoms with Crippen molar-refractivity contribution in [3.05, 3.63) is 30.0 Å². The summed E-state index contributed by atoms with van der Waals surface area (Å²) in [6, 6.07) is 7.56. The van der Waals surface area contributed by atoms with E-state index < -0.39 is 0 Å². The van der Waals surface area contributed by atoms with Crippen molar-refractivity contribution in [3.8, 4) is 6.07 Å². The molecule has 3 nitrogen and oxygen atoms in total. The third-order valence-corrected chi connectivity index (χ3v) is 1.75. The minimum Gasteiger partial charge on any atom is -0.275 e. The monoisotopic (exact) mass is 187 g/mol. The maximum atomic E-state index is 8.63. The van der Waals surface area contributed by atoms with Crippen molar-refractivity contribution in [2.45, 2.75) is 13.8 Å². The van der Waals surface area contributed by atoms with Gasteiger partial charge in [-0.1, -0.05) is 13.8 Å². The molecule has 0 aliphatic heterocycles. The van der Waals surface area contributed by atoms with Crippen LogP contribution in [-0.2, 0) is 7.05 Å². The zero-order valence-electron chi connectivity index (χ0n) is 8.65. The highest BCUT2D eigenvalue weighted by Crippen LogP contribution is 2.12. The molecule has 0 aliphatic rings. The molecule has 0 bridgehead atoms. The second-order valence-corrected chi connectivity index (χ2v) is 2.69. The fourth-order valence-electron chi connectivity index (χ4n) is 1.22. The quantitative estimate of drug-likeness (QED) is 0.635. The van der Waals surface area contributed by atoms with Gasteiger partial charge in [0.1, 0.15) is 0 Å². The molecule has 0 N–H and O–H groups in total. The summed E-state index contributed by atoms with van der Waals surface area (Å²) >= 11 is 0. The molecular formula is C11H13N3. The Labute approximate surface area is 83.6 Å². The SMILES string of the molecule is CC.Cn1cc2cc(C#N)ccc2n1. The second-order valence-electron chi connectivity index (χ2n) is 2.69. The molecule has 0 spiro atoms. The Morgan fingerprint density at radius 3 is 2.71 bits per heavy atom. The molecule has 72 valence electrons. The third kappa shape index (κ3) is 1.91. The lowest BCUT2D eigenvalue weighted by molar-refractivity contribution is 0.780. The summed E-state index contributed by atoms with van der Waals surface area (Å²) in [4.78, 5) is 0. The largest absolute Gasteiger partial charge is 0.275 e. The maximum absolute atomic E-state index is 8.63. The number of hydrogen-bond donors (Lipinski definition) is 0. The fraction of sp³-hybridized carbons (Fsp3) is 0.273. The van der Waals surface area contributed by atoms with Gasteiger partial charge in [0.15, 0.2) is 0 Å². The summed E-state index contributed by atoms with van der Waals surface area (Å²) in [6.07, 6.45) is 1.90. The van der Waals surface area contributed by atoms with Crippen LogP contribution in [0.1, 0.15) is 19.4 Å². The van der Waals surface area contributed by atoms with Gasteiger partial charge in [0, 0.05) is 18.6 Å². The van der Waals surface area contributed by atoms with Gasteiger partial charge in [-0.05, 0) is 18.2 Å². The molecule has 0 saturated carbocycles. The van der Waals surface area contributed by atoms with Gasteiger partial charge in [-0.2, -0.15) is 10.4 Å². The lowest BCUT2D eigenvalue weighted by Gasteiger charge is -1.86. The summed E-state index contributed by atoms with van der Waals surface area (Å²) in [7, 11) is 1.87. The predicted molar refractivity (Wildman–Crippen MR) is 56.8 cm³/mol. The summed E-state index contributed by atoms with van der Waals surface area (Å²) < 4.78 is 1.74. The first kappa shape index (κ1) is 10.3. The smallest absolute Gasteiger partial charge is 0.0991 e. The number of fused-ring (bicyclic) bond motifs is 1. The van der Waals surface area contributed by atoms with Crippen LogP contribution in [-0.4, -0.2) is 9.78 Å². The zero-order chi connectivity index (χ0) is 10.6. The van der Waals surface area contributed by atoms with Crippen LogP contribution in [0.15, 0.2) is 24.4 Å². The molecular weight excluding hydrogens is 174 g/mol. The summed E-state index contributed by atoms with van der Waals surface area (Å²) in [5, 5.41) is 13.8. The summed E-state index contributed by atoms with van der Waals surface area (Å²) in [6.45, 7) is 4.00. The first-order chi connectivity index (χ1) is 6.79. The van der Waals surface area contributed by atoms with E-state index >= 15 is 0 Å². The van der Waals surface area contributed by atoms with E-state index in [4.69, 9.17) is 5.26 Å². The van der Waals surface area contributed by atoms with Crippen molar-refractivity contribution in [2.75, 3.05) is 0 Å². The Morgan fingerprint density at radius 1 is 1.36 bits per heavy atom. The topological polar surface area (TPSA) is 41.6 Å². The van der Waals surface area contributed by atoms with Crippen LogP contribution < -0.4 is 0 Å². The molecule has 0 radical (unpaired) electrons. The van der Waals surface area contributed by atoms with Crippen LogP contribution in [0.2, 0.25) is 0 Å². The Morgan fingerprint density at radius 2 is 2.07 bits per heavy atom. The van der Waals surface area contributed by atoms with Crippen molar-refractivity contribution in [3.63, 3.8) is 0 Å². The highest BCUT2D eigenvalue weighted by atomic mass is 15.2. The second kappa shape index (κ2) is 4.43. The lowest BCUT2D eigenvalue weighted by atomic mass is 10.2. The highest BCUT2D eigenvalue weighted by molar-refractivity contribution is 5.79. The molecule has 2 rings (SSSR count). The molecule has 0 fully saturated rings. The van der Waals surface area contributed by atoms with Gasteiger partial charge < -0.3 is 0 Å². The molecule has 0 unspecified atom stereocenters. The molecule has 0 atom stereocenters. The number of aromatic nitrogens is 2. The normalized spacial score (nSPS) is 9.00. The van der Waals surface area contributed by atoms with Gasteiger partial charge in [-0.25, -0.2) is 0 Å². The number of aryl methyl sites for hydroxylation is 1. The average molecular weight is 187 g/mol. The van der Waals surface area contributed by atoms with E-state index in [1.165, 1.54) is 0 Å².